The van der Waals surface area contributed by atoms with Gasteiger partial charge in [-0.2, -0.15) is 0 Å². The van der Waals surface area contributed by atoms with Gasteiger partial charge in [-0.1, -0.05) is 75.3 Å². The van der Waals surface area contributed by atoms with Crippen molar-refractivity contribution in [3.8, 4) is 11.1 Å². The number of sulfonamides is 1. The lowest BCUT2D eigenvalue weighted by Gasteiger charge is -2.34. The van der Waals surface area contributed by atoms with E-state index in [1.165, 1.54) is 6.07 Å². The molecular formula is C29H38N4O5S. The van der Waals surface area contributed by atoms with Gasteiger partial charge in [0.05, 0.1) is 10.6 Å². The highest BCUT2D eigenvalue weighted by Crippen LogP contribution is 2.30. The molecule has 1 atom stereocenters. The summed E-state index contributed by atoms with van der Waals surface area (Å²) in [5.41, 5.74) is 3.26. The largest absolute Gasteiger partial charge is 0.357 e. The molecule has 2 N–H and O–H groups in total. The Hall–Kier alpha value is -3.66. The summed E-state index contributed by atoms with van der Waals surface area (Å²) >= 11 is 0. The van der Waals surface area contributed by atoms with Gasteiger partial charge in [-0.05, 0) is 42.9 Å². The standard InChI is InChI=1S/C29H38N4O5S/c1-18(2)16-26(34)33(27(19(3)4)28(35)30-7)17-22-12-14-23(15-13-22)24-10-8-9-11-25(24)39(36,37)32-29-20(5)21(6)31-38-29/h8-15,18-19,27,32H,16-17H2,1-7H3,(H,30,35). The van der Waals surface area contributed by atoms with E-state index in [1.807, 2.05) is 52.0 Å². The van der Waals surface area contributed by atoms with Gasteiger partial charge in [0.25, 0.3) is 10.0 Å². The van der Waals surface area contributed by atoms with Crippen LogP contribution in [0.25, 0.3) is 11.1 Å². The summed E-state index contributed by atoms with van der Waals surface area (Å²) in [5, 5.41) is 6.51. The third kappa shape index (κ3) is 7.06. The molecule has 0 aliphatic rings. The third-order valence-corrected chi connectivity index (χ3v) is 7.95. The molecule has 2 amide bonds. The number of aromatic nitrogens is 1. The zero-order chi connectivity index (χ0) is 28.9. The molecule has 3 aromatic rings. The van der Waals surface area contributed by atoms with Gasteiger partial charge < -0.3 is 14.7 Å². The van der Waals surface area contributed by atoms with Crippen LogP contribution >= 0.6 is 0 Å². The number of carbonyl (C=O) groups is 2. The fraction of sp³-hybridized carbons (Fsp3) is 0.414. The van der Waals surface area contributed by atoms with Crippen molar-refractivity contribution < 1.29 is 22.5 Å². The van der Waals surface area contributed by atoms with Crippen molar-refractivity contribution in [3.63, 3.8) is 0 Å². The van der Waals surface area contributed by atoms with Crippen molar-refractivity contribution in [2.75, 3.05) is 11.8 Å². The van der Waals surface area contributed by atoms with Gasteiger partial charge in [-0.25, -0.2) is 13.1 Å². The van der Waals surface area contributed by atoms with Crippen LogP contribution in [-0.2, 0) is 26.2 Å². The second-order valence-electron chi connectivity index (χ2n) is 10.4. The molecule has 9 nitrogen and oxygen atoms in total. The summed E-state index contributed by atoms with van der Waals surface area (Å²) in [7, 11) is -2.40. The first-order valence-electron chi connectivity index (χ1n) is 13.0. The van der Waals surface area contributed by atoms with Crippen LogP contribution in [0.2, 0.25) is 0 Å². The van der Waals surface area contributed by atoms with Crippen LogP contribution in [0.1, 0.15) is 50.9 Å². The fourth-order valence-electron chi connectivity index (χ4n) is 4.37. The number of carbonyl (C=O) groups excluding carboxylic acids is 2. The Balaban J connectivity index is 1.93. The molecule has 3 rings (SSSR count). The number of likely N-dealkylation sites (N-methyl/N-ethyl adjacent to an activating group) is 1. The monoisotopic (exact) mass is 554 g/mol. The van der Waals surface area contributed by atoms with E-state index < -0.39 is 16.1 Å². The minimum Gasteiger partial charge on any atom is -0.357 e. The van der Waals surface area contributed by atoms with Gasteiger partial charge in [-0.3, -0.25) is 9.59 Å². The number of benzene rings is 2. The summed E-state index contributed by atoms with van der Waals surface area (Å²) in [6, 6.07) is 13.4. The van der Waals surface area contributed by atoms with Crippen LogP contribution in [0, 0.1) is 25.7 Å². The maximum atomic E-state index is 13.3. The lowest BCUT2D eigenvalue weighted by Crippen LogP contribution is -2.51. The number of nitrogens with one attached hydrogen (secondary N) is 2. The van der Waals surface area contributed by atoms with Crippen LogP contribution in [-0.4, -0.2) is 43.4 Å². The molecule has 0 aliphatic heterocycles. The van der Waals surface area contributed by atoms with Crippen molar-refractivity contribution in [2.24, 2.45) is 11.8 Å². The van der Waals surface area contributed by atoms with Crippen molar-refractivity contribution in [3.05, 3.63) is 65.4 Å². The number of nitrogens with zero attached hydrogens (tertiary/aromatic N) is 2. The highest BCUT2D eigenvalue weighted by Gasteiger charge is 2.32. The van der Waals surface area contributed by atoms with Crippen LogP contribution in [0.3, 0.4) is 0 Å². The summed E-state index contributed by atoms with van der Waals surface area (Å²) < 4.78 is 34.2. The average Bonchev–Trinajstić information content (AvgIpc) is 3.19. The van der Waals surface area contributed by atoms with Crippen LogP contribution < -0.4 is 10.0 Å². The molecule has 1 aromatic heterocycles. The highest BCUT2D eigenvalue weighted by atomic mass is 32.2. The van der Waals surface area contributed by atoms with E-state index in [4.69, 9.17) is 4.52 Å². The Bertz CT molecular complexity index is 1410. The van der Waals surface area contributed by atoms with Crippen LogP contribution in [0.5, 0.6) is 0 Å². The second-order valence-corrected chi connectivity index (χ2v) is 12.1. The van der Waals surface area contributed by atoms with Gasteiger partial charge in [-0.15, -0.1) is 0 Å². The number of amides is 2. The predicted molar refractivity (Wildman–Crippen MR) is 151 cm³/mol. The number of hydrogen-bond acceptors (Lipinski definition) is 6. The van der Waals surface area contributed by atoms with Crippen molar-refractivity contribution >= 4 is 27.7 Å². The van der Waals surface area contributed by atoms with E-state index in [1.54, 1.807) is 44.0 Å². The molecule has 10 heteroatoms. The van der Waals surface area contributed by atoms with E-state index >= 15 is 0 Å². The van der Waals surface area contributed by atoms with Crippen LogP contribution in [0.4, 0.5) is 5.88 Å². The number of hydrogen-bond donors (Lipinski definition) is 2. The fourth-order valence-corrected chi connectivity index (χ4v) is 5.65. The first-order chi connectivity index (χ1) is 18.4. The third-order valence-electron chi connectivity index (χ3n) is 6.56. The summed E-state index contributed by atoms with van der Waals surface area (Å²) in [5.74, 6) is -0.141. The minimum absolute atomic E-state index is 0.0818. The maximum Gasteiger partial charge on any atom is 0.264 e. The van der Waals surface area contributed by atoms with Crippen LogP contribution in [0.15, 0.2) is 57.9 Å². The molecule has 39 heavy (non-hydrogen) atoms. The summed E-state index contributed by atoms with van der Waals surface area (Å²) in [6.07, 6.45) is 0.334. The Labute approximate surface area is 231 Å². The van der Waals surface area contributed by atoms with E-state index in [2.05, 4.69) is 15.2 Å². The Morgan fingerprint density at radius 3 is 2.18 bits per heavy atom. The Morgan fingerprint density at radius 1 is 1.00 bits per heavy atom. The molecule has 0 bridgehead atoms. The lowest BCUT2D eigenvalue weighted by atomic mass is 9.98. The van der Waals surface area contributed by atoms with E-state index in [0.717, 1.165) is 5.56 Å². The van der Waals surface area contributed by atoms with Gasteiger partial charge in [0, 0.05) is 31.1 Å². The molecule has 0 radical (unpaired) electrons. The molecule has 1 heterocycles. The Kier molecular flexibility index (Phi) is 9.55. The van der Waals surface area contributed by atoms with Crippen molar-refractivity contribution in [1.29, 1.82) is 0 Å². The van der Waals surface area contributed by atoms with Gasteiger partial charge in [0.2, 0.25) is 17.7 Å². The molecule has 2 aromatic carbocycles. The lowest BCUT2D eigenvalue weighted by molar-refractivity contribution is -0.143. The van der Waals surface area contributed by atoms with E-state index in [9.17, 15) is 18.0 Å². The summed E-state index contributed by atoms with van der Waals surface area (Å²) in [4.78, 5) is 27.7. The SMILES string of the molecule is CNC(=O)C(C(C)C)N(Cc1ccc(-c2ccccc2S(=O)(=O)Nc2onc(C)c2C)cc1)C(=O)CC(C)C. The highest BCUT2D eigenvalue weighted by molar-refractivity contribution is 7.92. The molecule has 0 saturated carbocycles. The van der Waals surface area contributed by atoms with Gasteiger partial charge >= 0.3 is 0 Å². The first kappa shape index (κ1) is 29.9. The Morgan fingerprint density at radius 2 is 1.64 bits per heavy atom. The average molecular weight is 555 g/mol. The minimum atomic E-state index is -3.97. The number of rotatable bonds is 11. The zero-order valence-electron chi connectivity index (χ0n) is 23.6. The van der Waals surface area contributed by atoms with Gasteiger partial charge in [0.15, 0.2) is 0 Å². The molecule has 0 aliphatic carbocycles. The van der Waals surface area contributed by atoms with E-state index in [-0.39, 0.29) is 41.0 Å². The smallest absolute Gasteiger partial charge is 0.264 e. The molecule has 0 saturated heterocycles. The zero-order valence-corrected chi connectivity index (χ0v) is 24.4. The number of aryl methyl sites for hydroxylation is 1. The summed E-state index contributed by atoms with van der Waals surface area (Å²) in [6.45, 7) is 11.5. The van der Waals surface area contributed by atoms with Crippen molar-refractivity contribution in [1.82, 2.24) is 15.4 Å². The molecule has 1 unspecified atom stereocenters. The maximum absolute atomic E-state index is 13.3. The predicted octanol–water partition coefficient (Wildman–Crippen LogP) is 4.90. The van der Waals surface area contributed by atoms with E-state index in [0.29, 0.717) is 28.8 Å². The number of anilines is 1. The molecule has 0 fully saturated rings. The van der Waals surface area contributed by atoms with Gasteiger partial charge in [0.1, 0.15) is 6.04 Å². The second kappa shape index (κ2) is 12.5. The molecule has 0 spiro atoms. The molecular weight excluding hydrogens is 516 g/mol. The first-order valence-corrected chi connectivity index (χ1v) is 14.5. The normalized spacial score (nSPS) is 12.4. The molecule has 210 valence electrons. The quantitative estimate of drug-likeness (QED) is 0.348. The van der Waals surface area contributed by atoms with Crippen molar-refractivity contribution in [2.45, 2.75) is 65.4 Å². The topological polar surface area (TPSA) is 122 Å².